The van der Waals surface area contributed by atoms with Crippen molar-refractivity contribution in [1.29, 1.82) is 0 Å². The van der Waals surface area contributed by atoms with Crippen LogP contribution in [-0.2, 0) is 29.4 Å². The molecule has 0 saturated carbocycles. The lowest BCUT2D eigenvalue weighted by molar-refractivity contribution is -0.120. The zero-order valence-electron chi connectivity index (χ0n) is 11.1. The summed E-state index contributed by atoms with van der Waals surface area (Å²) in [4.78, 5) is 12.0. The van der Waals surface area contributed by atoms with Gasteiger partial charge in [-0.2, -0.15) is 5.10 Å². The largest absolute Gasteiger partial charge is 0.385 e. The quantitative estimate of drug-likeness (QED) is 0.821. The standard InChI is InChI=1S/C12H20BrN3O2/c1-4-9-12(13)10(16(2)15-9)7-11(17)8(14)5-6-18-3/h8H,4-7,14H2,1-3H3. The third-order valence-electron chi connectivity index (χ3n) is 2.89. The molecule has 0 bridgehead atoms. The van der Waals surface area contributed by atoms with Gasteiger partial charge in [-0.15, -0.1) is 0 Å². The van der Waals surface area contributed by atoms with Gasteiger partial charge >= 0.3 is 0 Å². The molecule has 0 aliphatic carbocycles. The van der Waals surface area contributed by atoms with Gasteiger partial charge in [0.15, 0.2) is 5.78 Å². The van der Waals surface area contributed by atoms with Gasteiger partial charge in [-0.3, -0.25) is 9.48 Å². The number of halogens is 1. The molecule has 1 atom stereocenters. The van der Waals surface area contributed by atoms with Gasteiger partial charge in [0.2, 0.25) is 0 Å². The molecule has 0 saturated heterocycles. The average Bonchev–Trinajstić information content (AvgIpc) is 2.63. The molecular formula is C12H20BrN3O2. The number of nitrogens with zero attached hydrogens (tertiary/aromatic N) is 2. The van der Waals surface area contributed by atoms with Crippen LogP contribution in [0.4, 0.5) is 0 Å². The fourth-order valence-corrected chi connectivity index (χ4v) is 2.47. The van der Waals surface area contributed by atoms with Crippen molar-refractivity contribution in [3.8, 4) is 0 Å². The van der Waals surface area contributed by atoms with E-state index in [1.807, 2.05) is 14.0 Å². The lowest BCUT2D eigenvalue weighted by Gasteiger charge is -2.10. The fourth-order valence-electron chi connectivity index (χ4n) is 1.71. The summed E-state index contributed by atoms with van der Waals surface area (Å²) in [5, 5.41) is 4.36. The maximum atomic E-state index is 12.0. The van der Waals surface area contributed by atoms with Gasteiger partial charge in [-0.05, 0) is 28.8 Å². The third kappa shape index (κ3) is 3.63. The van der Waals surface area contributed by atoms with Crippen molar-refractivity contribution in [1.82, 2.24) is 9.78 Å². The van der Waals surface area contributed by atoms with E-state index in [9.17, 15) is 4.79 Å². The van der Waals surface area contributed by atoms with Gasteiger partial charge in [0, 0.05) is 20.8 Å². The molecule has 0 spiro atoms. The van der Waals surface area contributed by atoms with Gasteiger partial charge in [0.1, 0.15) is 0 Å². The molecule has 102 valence electrons. The van der Waals surface area contributed by atoms with Crippen molar-refractivity contribution < 1.29 is 9.53 Å². The summed E-state index contributed by atoms with van der Waals surface area (Å²) < 4.78 is 7.58. The number of rotatable bonds is 7. The number of methoxy groups -OCH3 is 1. The van der Waals surface area contributed by atoms with E-state index in [4.69, 9.17) is 10.5 Å². The number of hydrogen-bond acceptors (Lipinski definition) is 4. The Morgan fingerprint density at radius 2 is 2.28 bits per heavy atom. The molecule has 6 heteroatoms. The van der Waals surface area contributed by atoms with Crippen molar-refractivity contribution in [2.75, 3.05) is 13.7 Å². The van der Waals surface area contributed by atoms with E-state index in [2.05, 4.69) is 21.0 Å². The fraction of sp³-hybridized carbons (Fsp3) is 0.667. The second-order valence-electron chi connectivity index (χ2n) is 4.22. The van der Waals surface area contributed by atoms with E-state index in [0.29, 0.717) is 19.4 Å². The monoisotopic (exact) mass is 317 g/mol. The summed E-state index contributed by atoms with van der Waals surface area (Å²) >= 11 is 3.49. The second-order valence-corrected chi connectivity index (χ2v) is 5.01. The van der Waals surface area contributed by atoms with E-state index < -0.39 is 6.04 Å². The first-order chi connectivity index (χ1) is 8.51. The molecule has 0 aliphatic rings. The zero-order chi connectivity index (χ0) is 13.7. The summed E-state index contributed by atoms with van der Waals surface area (Å²) in [7, 11) is 3.44. The first-order valence-corrected chi connectivity index (χ1v) is 6.78. The van der Waals surface area contributed by atoms with Crippen LogP contribution in [0.2, 0.25) is 0 Å². The van der Waals surface area contributed by atoms with Gasteiger partial charge in [0.05, 0.1) is 28.3 Å². The van der Waals surface area contributed by atoms with Gasteiger partial charge in [-0.25, -0.2) is 0 Å². The molecule has 1 heterocycles. The van der Waals surface area contributed by atoms with Crippen molar-refractivity contribution >= 4 is 21.7 Å². The van der Waals surface area contributed by atoms with E-state index in [1.54, 1.807) is 11.8 Å². The van der Waals surface area contributed by atoms with Crippen LogP contribution < -0.4 is 5.73 Å². The molecule has 2 N–H and O–H groups in total. The number of aryl methyl sites for hydroxylation is 2. The van der Waals surface area contributed by atoms with Crippen LogP contribution in [0.25, 0.3) is 0 Å². The predicted molar refractivity (Wildman–Crippen MR) is 73.5 cm³/mol. The maximum absolute atomic E-state index is 12.0. The Balaban J connectivity index is 2.72. The summed E-state index contributed by atoms with van der Waals surface area (Å²) in [6.07, 6.45) is 1.68. The van der Waals surface area contributed by atoms with Crippen LogP contribution in [0.5, 0.6) is 0 Å². The molecule has 0 aromatic carbocycles. The molecule has 1 aromatic heterocycles. The van der Waals surface area contributed by atoms with Crippen LogP contribution in [0, 0.1) is 0 Å². The number of hydrogen-bond donors (Lipinski definition) is 1. The van der Waals surface area contributed by atoms with Crippen molar-refractivity contribution in [2.24, 2.45) is 12.8 Å². The Morgan fingerprint density at radius 3 is 2.78 bits per heavy atom. The number of carbonyl (C=O) groups is 1. The van der Waals surface area contributed by atoms with Crippen molar-refractivity contribution in [2.45, 2.75) is 32.2 Å². The van der Waals surface area contributed by atoms with E-state index in [0.717, 1.165) is 22.3 Å². The Kier molecular flexibility index (Phi) is 5.98. The molecule has 1 unspecified atom stereocenters. The highest BCUT2D eigenvalue weighted by atomic mass is 79.9. The molecule has 0 radical (unpaired) electrons. The SMILES string of the molecule is CCc1nn(C)c(CC(=O)C(N)CCOC)c1Br. The number of Topliss-reactive ketones (excluding diaryl/α,β-unsaturated/α-hetero) is 1. The molecular weight excluding hydrogens is 298 g/mol. The van der Waals surface area contributed by atoms with Gasteiger partial charge < -0.3 is 10.5 Å². The predicted octanol–water partition coefficient (Wildman–Crippen LogP) is 1.22. The average molecular weight is 318 g/mol. The molecule has 5 nitrogen and oxygen atoms in total. The third-order valence-corrected chi connectivity index (χ3v) is 3.81. The van der Waals surface area contributed by atoms with E-state index in [-0.39, 0.29) is 5.78 Å². The Morgan fingerprint density at radius 1 is 1.61 bits per heavy atom. The van der Waals surface area contributed by atoms with Crippen LogP contribution >= 0.6 is 15.9 Å². The van der Waals surface area contributed by atoms with Crippen molar-refractivity contribution in [3.05, 3.63) is 15.9 Å². The lowest BCUT2D eigenvalue weighted by atomic mass is 10.1. The number of nitrogens with two attached hydrogens (primary N) is 1. The van der Waals surface area contributed by atoms with Gasteiger partial charge in [0.25, 0.3) is 0 Å². The van der Waals surface area contributed by atoms with E-state index >= 15 is 0 Å². The molecule has 18 heavy (non-hydrogen) atoms. The first kappa shape index (κ1) is 15.3. The Bertz CT molecular complexity index is 418. The van der Waals surface area contributed by atoms with Crippen LogP contribution in [0.3, 0.4) is 0 Å². The van der Waals surface area contributed by atoms with Crippen LogP contribution in [0.15, 0.2) is 4.47 Å². The highest BCUT2D eigenvalue weighted by Crippen LogP contribution is 2.22. The normalized spacial score (nSPS) is 12.7. The summed E-state index contributed by atoms with van der Waals surface area (Å²) in [6, 6.07) is -0.475. The van der Waals surface area contributed by atoms with Gasteiger partial charge in [-0.1, -0.05) is 6.92 Å². The topological polar surface area (TPSA) is 70.1 Å². The molecule has 0 aliphatic heterocycles. The van der Waals surface area contributed by atoms with Crippen LogP contribution in [0.1, 0.15) is 24.7 Å². The number of ether oxygens (including phenoxy) is 1. The minimum absolute atomic E-state index is 0.0124. The number of aromatic nitrogens is 2. The minimum atomic E-state index is -0.475. The lowest BCUT2D eigenvalue weighted by Crippen LogP contribution is -2.33. The van der Waals surface area contributed by atoms with Crippen LogP contribution in [-0.4, -0.2) is 35.3 Å². The van der Waals surface area contributed by atoms with E-state index in [1.165, 1.54) is 0 Å². The highest BCUT2D eigenvalue weighted by molar-refractivity contribution is 9.10. The first-order valence-electron chi connectivity index (χ1n) is 5.98. The summed E-state index contributed by atoms with van der Waals surface area (Å²) in [5.74, 6) is 0.0124. The Hall–Kier alpha value is -0.720. The smallest absolute Gasteiger partial charge is 0.155 e. The minimum Gasteiger partial charge on any atom is -0.385 e. The maximum Gasteiger partial charge on any atom is 0.155 e. The highest BCUT2D eigenvalue weighted by Gasteiger charge is 2.19. The number of ketones is 1. The van der Waals surface area contributed by atoms with Crippen molar-refractivity contribution in [3.63, 3.8) is 0 Å². The molecule has 1 aromatic rings. The second kappa shape index (κ2) is 7.01. The number of carbonyl (C=O) groups excluding carboxylic acids is 1. The Labute approximate surface area is 116 Å². The molecule has 1 rings (SSSR count). The summed E-state index contributed by atoms with van der Waals surface area (Å²) in [5.41, 5.74) is 7.66. The summed E-state index contributed by atoms with van der Waals surface area (Å²) in [6.45, 7) is 2.53. The molecule has 0 amide bonds. The zero-order valence-corrected chi connectivity index (χ0v) is 12.7. The molecule has 0 fully saturated rings.